The molecule has 1 unspecified atom stereocenters. The SMILES string of the molecule is Cc1cc(NC(=O)C2CC(=O)N(Cc3ccco3)C2)ccc1C(=O)O. The highest BCUT2D eigenvalue weighted by molar-refractivity contribution is 5.98. The van der Waals surface area contributed by atoms with Gasteiger partial charge in [-0.1, -0.05) is 0 Å². The first-order valence-electron chi connectivity index (χ1n) is 7.89. The predicted octanol–water partition coefficient (Wildman–Crippen LogP) is 2.27. The van der Waals surface area contributed by atoms with E-state index in [-0.39, 0.29) is 23.8 Å². The van der Waals surface area contributed by atoms with Crippen LogP contribution in [0.25, 0.3) is 0 Å². The molecular formula is C18H18N2O5. The summed E-state index contributed by atoms with van der Waals surface area (Å²) in [4.78, 5) is 37.1. The summed E-state index contributed by atoms with van der Waals surface area (Å²) in [5, 5.41) is 11.8. The maximum atomic E-state index is 12.4. The molecule has 7 nitrogen and oxygen atoms in total. The molecule has 1 aromatic carbocycles. The van der Waals surface area contributed by atoms with Gasteiger partial charge in [0, 0.05) is 18.7 Å². The Morgan fingerprint density at radius 2 is 2.16 bits per heavy atom. The summed E-state index contributed by atoms with van der Waals surface area (Å²) < 4.78 is 5.24. The number of nitrogens with one attached hydrogen (secondary N) is 1. The first kappa shape index (κ1) is 16.8. The number of furan rings is 1. The number of carboxylic acids is 1. The van der Waals surface area contributed by atoms with Crippen LogP contribution in [0.3, 0.4) is 0 Å². The van der Waals surface area contributed by atoms with E-state index in [0.29, 0.717) is 30.1 Å². The third-order valence-corrected chi connectivity index (χ3v) is 4.24. The second-order valence-corrected chi connectivity index (χ2v) is 6.08. The summed E-state index contributed by atoms with van der Waals surface area (Å²) in [6.45, 7) is 2.35. The van der Waals surface area contributed by atoms with Crippen LogP contribution >= 0.6 is 0 Å². The number of aromatic carboxylic acids is 1. The number of amides is 2. The van der Waals surface area contributed by atoms with Gasteiger partial charge in [0.1, 0.15) is 5.76 Å². The highest BCUT2D eigenvalue weighted by atomic mass is 16.4. The average molecular weight is 342 g/mol. The van der Waals surface area contributed by atoms with Gasteiger partial charge >= 0.3 is 5.97 Å². The van der Waals surface area contributed by atoms with Crippen LogP contribution in [0.15, 0.2) is 41.0 Å². The molecule has 25 heavy (non-hydrogen) atoms. The summed E-state index contributed by atoms with van der Waals surface area (Å²) in [6.07, 6.45) is 1.70. The van der Waals surface area contributed by atoms with Crippen molar-refractivity contribution in [3.63, 3.8) is 0 Å². The Morgan fingerprint density at radius 3 is 2.80 bits per heavy atom. The van der Waals surface area contributed by atoms with Crippen molar-refractivity contribution in [2.45, 2.75) is 19.9 Å². The van der Waals surface area contributed by atoms with E-state index >= 15 is 0 Å². The molecule has 1 atom stereocenters. The molecule has 2 heterocycles. The number of rotatable bonds is 5. The largest absolute Gasteiger partial charge is 0.478 e. The fourth-order valence-electron chi connectivity index (χ4n) is 2.92. The van der Waals surface area contributed by atoms with E-state index < -0.39 is 11.9 Å². The van der Waals surface area contributed by atoms with Crippen molar-refractivity contribution in [1.29, 1.82) is 0 Å². The highest BCUT2D eigenvalue weighted by Crippen LogP contribution is 2.23. The van der Waals surface area contributed by atoms with Crippen LogP contribution in [0.2, 0.25) is 0 Å². The molecule has 2 amide bonds. The molecule has 0 bridgehead atoms. The van der Waals surface area contributed by atoms with Crippen molar-refractivity contribution in [2.24, 2.45) is 5.92 Å². The van der Waals surface area contributed by atoms with Crippen molar-refractivity contribution < 1.29 is 23.9 Å². The van der Waals surface area contributed by atoms with Crippen LogP contribution in [-0.4, -0.2) is 34.3 Å². The standard InChI is InChI=1S/C18H18N2O5/c1-11-7-13(4-5-15(11)18(23)24)19-17(22)12-8-16(21)20(9-12)10-14-3-2-6-25-14/h2-7,12H,8-10H2,1H3,(H,19,22)(H,23,24). The summed E-state index contributed by atoms with van der Waals surface area (Å²) in [7, 11) is 0. The van der Waals surface area contributed by atoms with E-state index in [1.807, 2.05) is 0 Å². The van der Waals surface area contributed by atoms with Crippen molar-refractivity contribution in [1.82, 2.24) is 4.90 Å². The molecule has 7 heteroatoms. The third kappa shape index (κ3) is 3.71. The van der Waals surface area contributed by atoms with Crippen LogP contribution in [0.1, 0.15) is 28.1 Å². The van der Waals surface area contributed by atoms with Crippen LogP contribution in [0, 0.1) is 12.8 Å². The number of aryl methyl sites for hydroxylation is 1. The van der Waals surface area contributed by atoms with E-state index in [1.165, 1.54) is 6.07 Å². The van der Waals surface area contributed by atoms with Crippen LogP contribution in [0.4, 0.5) is 5.69 Å². The van der Waals surface area contributed by atoms with Crippen molar-refractivity contribution in [3.8, 4) is 0 Å². The summed E-state index contributed by atoms with van der Waals surface area (Å²) >= 11 is 0. The number of hydrogen-bond acceptors (Lipinski definition) is 4. The molecule has 3 rings (SSSR count). The normalized spacial score (nSPS) is 16.9. The third-order valence-electron chi connectivity index (χ3n) is 4.24. The Kier molecular flexibility index (Phi) is 4.56. The molecule has 0 spiro atoms. The molecule has 1 saturated heterocycles. The Bertz CT molecular complexity index is 813. The maximum Gasteiger partial charge on any atom is 0.335 e. The number of hydrogen-bond donors (Lipinski definition) is 2. The second kappa shape index (κ2) is 6.80. The minimum absolute atomic E-state index is 0.0889. The van der Waals surface area contributed by atoms with Crippen LogP contribution in [0.5, 0.6) is 0 Å². The summed E-state index contributed by atoms with van der Waals surface area (Å²) in [5.41, 5.74) is 1.27. The number of carbonyl (C=O) groups excluding carboxylic acids is 2. The van der Waals surface area contributed by atoms with Gasteiger partial charge in [0.25, 0.3) is 0 Å². The molecule has 1 aliphatic rings. The van der Waals surface area contributed by atoms with Gasteiger partial charge in [0.05, 0.1) is 24.3 Å². The summed E-state index contributed by atoms with van der Waals surface area (Å²) in [6, 6.07) is 8.15. The lowest BCUT2D eigenvalue weighted by molar-refractivity contribution is -0.128. The minimum atomic E-state index is -1.01. The fraction of sp³-hybridized carbons (Fsp3) is 0.278. The second-order valence-electron chi connectivity index (χ2n) is 6.08. The number of carboxylic acid groups (broad SMARTS) is 1. The molecule has 2 aromatic rings. The van der Waals surface area contributed by atoms with E-state index in [9.17, 15) is 14.4 Å². The quantitative estimate of drug-likeness (QED) is 0.868. The molecule has 130 valence electrons. The number of benzene rings is 1. The Morgan fingerprint density at radius 1 is 1.36 bits per heavy atom. The molecular weight excluding hydrogens is 324 g/mol. The molecule has 0 radical (unpaired) electrons. The van der Waals surface area contributed by atoms with Gasteiger partial charge in [-0.25, -0.2) is 4.79 Å². The van der Waals surface area contributed by atoms with Gasteiger partial charge in [0.2, 0.25) is 11.8 Å². The first-order chi connectivity index (χ1) is 11.9. The fourth-order valence-corrected chi connectivity index (χ4v) is 2.92. The minimum Gasteiger partial charge on any atom is -0.478 e. The average Bonchev–Trinajstić information content (AvgIpc) is 3.18. The lowest BCUT2D eigenvalue weighted by atomic mass is 10.1. The molecule has 1 fully saturated rings. The smallest absolute Gasteiger partial charge is 0.335 e. The highest BCUT2D eigenvalue weighted by Gasteiger charge is 2.34. The van der Waals surface area contributed by atoms with E-state index in [1.54, 1.807) is 42.4 Å². The van der Waals surface area contributed by atoms with Crippen LogP contribution < -0.4 is 5.32 Å². The number of likely N-dealkylation sites (tertiary alicyclic amines) is 1. The molecule has 2 N–H and O–H groups in total. The Labute approximate surface area is 144 Å². The zero-order valence-corrected chi connectivity index (χ0v) is 13.7. The van der Waals surface area contributed by atoms with Crippen molar-refractivity contribution in [3.05, 3.63) is 53.5 Å². The van der Waals surface area contributed by atoms with Gasteiger partial charge in [-0.2, -0.15) is 0 Å². The molecule has 0 aliphatic carbocycles. The van der Waals surface area contributed by atoms with Gasteiger partial charge in [-0.3, -0.25) is 9.59 Å². The van der Waals surface area contributed by atoms with E-state index in [2.05, 4.69) is 5.32 Å². The molecule has 0 saturated carbocycles. The number of carbonyl (C=O) groups is 3. The monoisotopic (exact) mass is 342 g/mol. The van der Waals surface area contributed by atoms with Gasteiger partial charge in [-0.05, 0) is 42.8 Å². The number of nitrogens with zero attached hydrogens (tertiary/aromatic N) is 1. The van der Waals surface area contributed by atoms with E-state index in [4.69, 9.17) is 9.52 Å². The Balaban J connectivity index is 1.63. The topological polar surface area (TPSA) is 99.9 Å². The zero-order valence-electron chi connectivity index (χ0n) is 13.7. The lowest BCUT2D eigenvalue weighted by Gasteiger charge is -2.15. The van der Waals surface area contributed by atoms with E-state index in [0.717, 1.165) is 0 Å². The molecule has 1 aliphatic heterocycles. The van der Waals surface area contributed by atoms with Crippen molar-refractivity contribution in [2.75, 3.05) is 11.9 Å². The zero-order chi connectivity index (χ0) is 18.0. The Hall–Kier alpha value is -3.09. The first-order valence-corrected chi connectivity index (χ1v) is 7.89. The van der Waals surface area contributed by atoms with Gasteiger partial charge < -0.3 is 19.7 Å². The molecule has 1 aromatic heterocycles. The lowest BCUT2D eigenvalue weighted by Crippen LogP contribution is -2.27. The predicted molar refractivity (Wildman–Crippen MR) is 89.0 cm³/mol. The van der Waals surface area contributed by atoms with Gasteiger partial charge in [-0.15, -0.1) is 0 Å². The van der Waals surface area contributed by atoms with Crippen LogP contribution in [-0.2, 0) is 16.1 Å². The maximum absolute atomic E-state index is 12.4. The van der Waals surface area contributed by atoms with Crippen molar-refractivity contribution >= 4 is 23.5 Å². The number of anilines is 1. The van der Waals surface area contributed by atoms with Gasteiger partial charge in [0.15, 0.2) is 0 Å². The summed E-state index contributed by atoms with van der Waals surface area (Å²) in [5.74, 6) is -1.12.